The van der Waals surface area contributed by atoms with Gasteiger partial charge in [0.25, 0.3) is 0 Å². The number of nitrogens with one attached hydrogen (secondary N) is 2. The molecule has 4 N–H and O–H groups in total. The van der Waals surface area contributed by atoms with Crippen LogP contribution in [0.15, 0.2) is 78.9 Å². The number of sulfonamides is 1. The predicted octanol–water partition coefficient (Wildman–Crippen LogP) is 5.63. The van der Waals surface area contributed by atoms with Gasteiger partial charge in [0.15, 0.2) is 0 Å². The first-order valence-electron chi connectivity index (χ1n) is 14.2. The highest BCUT2D eigenvalue weighted by molar-refractivity contribution is 7.92. The molecule has 0 saturated heterocycles. The van der Waals surface area contributed by atoms with Crippen molar-refractivity contribution in [2.45, 2.75) is 33.5 Å². The molecule has 1 atom stereocenters. The van der Waals surface area contributed by atoms with E-state index in [0.29, 0.717) is 24.5 Å². The van der Waals surface area contributed by atoms with Crippen molar-refractivity contribution in [3.8, 4) is 22.6 Å². The Labute approximate surface area is 258 Å². The van der Waals surface area contributed by atoms with Gasteiger partial charge < -0.3 is 25.0 Å². The lowest BCUT2D eigenvalue weighted by Gasteiger charge is -2.19. The summed E-state index contributed by atoms with van der Waals surface area (Å²) in [6, 6.07) is 23.3. The molecular weight excluding hydrogens is 580 g/mol. The van der Waals surface area contributed by atoms with Gasteiger partial charge in [-0.1, -0.05) is 48.5 Å². The minimum absolute atomic E-state index is 0.230. The van der Waals surface area contributed by atoms with Crippen LogP contribution in [0.5, 0.6) is 11.5 Å². The lowest BCUT2D eigenvalue weighted by molar-refractivity contribution is 0.0697. The summed E-state index contributed by atoms with van der Waals surface area (Å²) in [5.41, 5.74) is 7.04. The van der Waals surface area contributed by atoms with Crippen LogP contribution in [0.2, 0.25) is 0 Å². The second-order valence-electron chi connectivity index (χ2n) is 10.7. The van der Waals surface area contributed by atoms with Crippen molar-refractivity contribution in [3.05, 3.63) is 112 Å². The highest BCUT2D eigenvalue weighted by Gasteiger charge is 2.16. The Morgan fingerprint density at radius 1 is 0.886 bits per heavy atom. The average Bonchev–Trinajstić information content (AvgIpc) is 2.98. The van der Waals surface area contributed by atoms with Crippen molar-refractivity contribution < 1.29 is 32.9 Å². The number of carboxylic acids is 1. The maximum atomic E-state index is 12.0. The van der Waals surface area contributed by atoms with Crippen LogP contribution >= 0.6 is 0 Å². The monoisotopic (exact) mass is 618 g/mol. The topological polar surface area (TPSA) is 134 Å². The summed E-state index contributed by atoms with van der Waals surface area (Å²) in [5, 5.41) is 23.2. The zero-order valence-electron chi connectivity index (χ0n) is 25.3. The first kappa shape index (κ1) is 32.5. The van der Waals surface area contributed by atoms with E-state index in [9.17, 15) is 23.4 Å². The van der Waals surface area contributed by atoms with Gasteiger partial charge in [0, 0.05) is 13.1 Å². The fourth-order valence-electron chi connectivity index (χ4n) is 4.90. The third-order valence-corrected chi connectivity index (χ3v) is 7.86. The fourth-order valence-corrected chi connectivity index (χ4v) is 5.46. The number of aliphatic hydroxyl groups excluding tert-OH is 1. The number of anilines is 1. The number of carbonyl (C=O) groups is 1. The van der Waals surface area contributed by atoms with E-state index in [2.05, 4.69) is 10.0 Å². The molecule has 0 bridgehead atoms. The Bertz CT molecular complexity index is 1710. The molecular formula is C34H38N2O7S. The van der Waals surface area contributed by atoms with Crippen molar-refractivity contribution in [1.29, 1.82) is 0 Å². The van der Waals surface area contributed by atoms with Gasteiger partial charge in [0.05, 0.1) is 23.6 Å². The van der Waals surface area contributed by atoms with Gasteiger partial charge in [-0.3, -0.25) is 4.72 Å². The van der Waals surface area contributed by atoms with Gasteiger partial charge in [0.1, 0.15) is 24.7 Å². The largest absolute Gasteiger partial charge is 0.492 e. The van der Waals surface area contributed by atoms with E-state index in [1.54, 1.807) is 30.3 Å². The highest BCUT2D eigenvalue weighted by atomic mass is 32.2. The molecule has 0 aliphatic rings. The number of rotatable bonds is 14. The summed E-state index contributed by atoms with van der Waals surface area (Å²) >= 11 is 0. The molecule has 0 radical (unpaired) electrons. The number of aryl methyl sites for hydroxylation is 1. The van der Waals surface area contributed by atoms with Gasteiger partial charge in [0.2, 0.25) is 10.0 Å². The Morgan fingerprint density at radius 2 is 1.59 bits per heavy atom. The number of benzene rings is 4. The number of hydrogen-bond acceptors (Lipinski definition) is 7. The Hall–Kier alpha value is -4.38. The van der Waals surface area contributed by atoms with Gasteiger partial charge in [-0.15, -0.1) is 0 Å². The zero-order valence-corrected chi connectivity index (χ0v) is 26.1. The Balaban J connectivity index is 1.34. The van der Waals surface area contributed by atoms with Crippen LogP contribution < -0.4 is 19.5 Å². The first-order valence-corrected chi connectivity index (χ1v) is 16.1. The lowest BCUT2D eigenvalue weighted by atomic mass is 9.91. The second kappa shape index (κ2) is 14.4. The molecule has 0 amide bonds. The third-order valence-electron chi connectivity index (χ3n) is 7.26. The number of hydrogen-bond donors (Lipinski definition) is 4. The molecule has 0 spiro atoms. The molecule has 0 saturated carbocycles. The Kier molecular flexibility index (Phi) is 10.6. The summed E-state index contributed by atoms with van der Waals surface area (Å²) in [4.78, 5) is 11.2. The lowest BCUT2D eigenvalue weighted by Crippen LogP contribution is -2.26. The highest BCUT2D eigenvalue weighted by Crippen LogP contribution is 2.35. The predicted molar refractivity (Wildman–Crippen MR) is 172 cm³/mol. The van der Waals surface area contributed by atoms with E-state index in [1.807, 2.05) is 69.3 Å². The summed E-state index contributed by atoms with van der Waals surface area (Å²) in [6.45, 7) is 7.35. The van der Waals surface area contributed by atoms with Gasteiger partial charge in [-0.05, 0) is 90.0 Å². The zero-order chi connectivity index (χ0) is 31.9. The van der Waals surface area contributed by atoms with Crippen LogP contribution in [-0.2, 0) is 16.6 Å². The minimum atomic E-state index is -3.57. The van der Waals surface area contributed by atoms with E-state index in [0.717, 1.165) is 45.4 Å². The van der Waals surface area contributed by atoms with Gasteiger partial charge in [-0.25, -0.2) is 13.2 Å². The molecule has 0 aliphatic heterocycles. The van der Waals surface area contributed by atoms with Crippen molar-refractivity contribution in [3.63, 3.8) is 0 Å². The number of ether oxygens (including phenoxy) is 2. The van der Waals surface area contributed by atoms with E-state index in [-0.39, 0.29) is 24.4 Å². The molecule has 9 nitrogen and oxygen atoms in total. The number of aliphatic hydroxyl groups is 1. The van der Waals surface area contributed by atoms with Crippen LogP contribution in [0.25, 0.3) is 11.1 Å². The minimum Gasteiger partial charge on any atom is -0.492 e. The smallest absolute Gasteiger partial charge is 0.335 e. The maximum absolute atomic E-state index is 12.0. The summed E-state index contributed by atoms with van der Waals surface area (Å²) in [7, 11) is -3.57. The summed E-state index contributed by atoms with van der Waals surface area (Å²) < 4.78 is 38.4. The normalized spacial score (nSPS) is 12.0. The first-order chi connectivity index (χ1) is 20.9. The Morgan fingerprint density at radius 3 is 2.25 bits per heavy atom. The van der Waals surface area contributed by atoms with Gasteiger partial charge >= 0.3 is 5.97 Å². The summed E-state index contributed by atoms with van der Waals surface area (Å²) in [5.74, 6) is 0.165. The molecule has 0 aromatic heterocycles. The average molecular weight is 619 g/mol. The van der Waals surface area contributed by atoms with Crippen LogP contribution in [-0.4, -0.2) is 50.6 Å². The molecule has 4 aromatic carbocycles. The van der Waals surface area contributed by atoms with E-state index in [4.69, 9.17) is 9.47 Å². The van der Waals surface area contributed by atoms with Gasteiger partial charge in [-0.2, -0.15) is 0 Å². The number of carboxylic acid groups (broad SMARTS) is 1. The molecule has 0 aliphatic carbocycles. The molecule has 4 aromatic rings. The molecule has 0 heterocycles. The standard InChI is InChI=1S/C34H38N2O7S/c1-22-18-32(23(2)24(3)33(22)26-10-12-27(13-11-26)34(38)39)42-17-16-35-20-30(37)28-14-15-31(29(19-28)36-44(4,40)41)43-21-25-8-6-5-7-9-25/h5-15,18-19,30,35-37H,16-17,20-21H2,1-4H3,(H,38,39). The molecule has 1 unspecified atom stereocenters. The van der Waals surface area contributed by atoms with Crippen molar-refractivity contribution >= 4 is 21.7 Å². The number of aromatic carboxylic acids is 1. The van der Waals surface area contributed by atoms with Crippen LogP contribution in [0.1, 0.15) is 44.3 Å². The molecule has 44 heavy (non-hydrogen) atoms. The summed E-state index contributed by atoms with van der Waals surface area (Å²) in [6.07, 6.45) is 0.173. The van der Waals surface area contributed by atoms with Crippen LogP contribution in [0.3, 0.4) is 0 Å². The van der Waals surface area contributed by atoms with Crippen molar-refractivity contribution in [2.24, 2.45) is 0 Å². The van der Waals surface area contributed by atoms with Crippen molar-refractivity contribution in [2.75, 3.05) is 30.7 Å². The van der Waals surface area contributed by atoms with E-state index < -0.39 is 22.1 Å². The fraction of sp³-hybridized carbons (Fsp3) is 0.265. The van der Waals surface area contributed by atoms with Crippen LogP contribution in [0.4, 0.5) is 5.69 Å². The van der Waals surface area contributed by atoms with Crippen LogP contribution in [0, 0.1) is 20.8 Å². The quantitative estimate of drug-likeness (QED) is 0.134. The molecule has 0 fully saturated rings. The SMILES string of the molecule is Cc1cc(OCCNCC(O)c2ccc(OCc3ccccc3)c(NS(C)(=O)=O)c2)c(C)c(C)c1-c1ccc(C(=O)O)cc1. The molecule has 232 valence electrons. The second-order valence-corrected chi connectivity index (χ2v) is 12.4. The van der Waals surface area contributed by atoms with Crippen molar-refractivity contribution in [1.82, 2.24) is 5.32 Å². The van der Waals surface area contributed by atoms with E-state index in [1.165, 1.54) is 0 Å². The molecule has 4 rings (SSSR count). The molecule has 10 heteroatoms. The van der Waals surface area contributed by atoms with E-state index >= 15 is 0 Å². The third kappa shape index (κ3) is 8.59. The maximum Gasteiger partial charge on any atom is 0.335 e.